The minimum atomic E-state index is -0.465. The van der Waals surface area contributed by atoms with Gasteiger partial charge in [0.25, 0.3) is 0 Å². The number of rotatable bonds is 11. The molecular formula is C82H60N8. The first kappa shape index (κ1) is 52.8. The van der Waals surface area contributed by atoms with Gasteiger partial charge in [0.2, 0.25) is 0 Å². The highest BCUT2D eigenvalue weighted by atomic mass is 15.3. The third-order valence-electron chi connectivity index (χ3n) is 18.2. The molecule has 3 N–H and O–H groups in total. The fraction of sp³-hybridized carbons (Fsp3) is 0.0610. The summed E-state index contributed by atoms with van der Waals surface area (Å²) in [6.07, 6.45) is 2.95. The molecule has 0 saturated carbocycles. The number of benzene rings is 12. The third-order valence-corrected chi connectivity index (χ3v) is 18.2. The Bertz CT molecular complexity index is 5180. The zero-order valence-corrected chi connectivity index (χ0v) is 49.2. The van der Waals surface area contributed by atoms with Crippen molar-refractivity contribution in [2.75, 3.05) is 0 Å². The Labute approximate surface area is 522 Å². The first-order valence-corrected chi connectivity index (χ1v) is 31.1. The second-order valence-corrected chi connectivity index (χ2v) is 23.5. The number of amidine groups is 3. The van der Waals surface area contributed by atoms with Crippen molar-refractivity contribution >= 4 is 72.6 Å². The molecular weight excluding hydrogens is 1100 g/mol. The van der Waals surface area contributed by atoms with Gasteiger partial charge >= 0.3 is 0 Å². The van der Waals surface area contributed by atoms with Gasteiger partial charge in [0.15, 0.2) is 5.84 Å². The molecule has 8 heteroatoms. The Hall–Kier alpha value is -11.5. The zero-order valence-electron chi connectivity index (χ0n) is 49.2. The zero-order chi connectivity index (χ0) is 59.5. The minimum absolute atomic E-state index is 0.243. The third kappa shape index (κ3) is 9.40. The van der Waals surface area contributed by atoms with Crippen LogP contribution >= 0.6 is 0 Å². The summed E-state index contributed by atoms with van der Waals surface area (Å²) in [6, 6.07) is 107. The molecule has 0 bridgehead atoms. The van der Waals surface area contributed by atoms with Crippen LogP contribution < -0.4 is 16.0 Å². The van der Waals surface area contributed by atoms with E-state index < -0.39 is 12.3 Å². The van der Waals surface area contributed by atoms with E-state index in [-0.39, 0.29) is 6.17 Å². The minimum Gasteiger partial charge on any atom is -0.350 e. The predicted molar refractivity (Wildman–Crippen MR) is 372 cm³/mol. The number of allylic oxidation sites excluding steroid dienone is 1. The molecule has 0 fully saturated rings. The topological polar surface area (TPSA) is 83.0 Å². The molecule has 1 aliphatic carbocycles. The molecule has 0 amide bonds. The highest BCUT2D eigenvalue weighted by Crippen LogP contribution is 2.49. The van der Waals surface area contributed by atoms with Crippen molar-refractivity contribution in [3.63, 3.8) is 0 Å². The normalized spacial score (nSPS) is 16.4. The summed E-state index contributed by atoms with van der Waals surface area (Å²) in [5.41, 5.74) is 21.1. The number of nitrogens with zero attached hydrogens (tertiary/aromatic N) is 5. The van der Waals surface area contributed by atoms with Gasteiger partial charge in [-0.2, -0.15) is 0 Å². The molecule has 2 aliphatic heterocycles. The number of fused-ring (bicyclic) bond motifs is 8. The van der Waals surface area contributed by atoms with Crippen LogP contribution in [0, 0.1) is 0 Å². The number of aromatic nitrogens is 2. The van der Waals surface area contributed by atoms with Gasteiger partial charge in [-0.1, -0.05) is 261 Å². The van der Waals surface area contributed by atoms with Gasteiger partial charge in [-0.05, 0) is 111 Å². The molecule has 3 atom stereocenters. The molecule has 3 unspecified atom stereocenters. The smallest absolute Gasteiger partial charge is 0.161 e. The summed E-state index contributed by atoms with van der Waals surface area (Å²) in [5.74, 6) is 2.17. The number of nitrogens with one attached hydrogen (secondary N) is 3. The van der Waals surface area contributed by atoms with Gasteiger partial charge in [0, 0.05) is 55.4 Å². The van der Waals surface area contributed by atoms with E-state index in [9.17, 15) is 0 Å². The van der Waals surface area contributed by atoms with Crippen LogP contribution in [-0.4, -0.2) is 26.6 Å². The van der Waals surface area contributed by atoms with Crippen molar-refractivity contribution in [1.29, 1.82) is 0 Å². The van der Waals surface area contributed by atoms with Gasteiger partial charge < -0.3 is 19.8 Å². The number of aliphatic imine (C=N–C) groups is 3. The van der Waals surface area contributed by atoms with Gasteiger partial charge in [-0.3, -0.25) is 5.32 Å². The Morgan fingerprint density at radius 2 is 0.978 bits per heavy atom. The summed E-state index contributed by atoms with van der Waals surface area (Å²) in [7, 11) is 0. The number of hydrogen-bond donors (Lipinski definition) is 3. The standard InChI is InChI=1S/C82H60N8/c1-7-23-53(24-8-1)56-39-41-61(42-40-56)80-84-79(60-34-17-6-18-35-60)87-82(88-80)70-51-64(81-85-77(58-30-13-4-14-31-58)83-78(86-81)59-32-15-5-16-33-59)45-48-73(70)90-72-47-44-63(54-25-9-2-10-26-54)50-68(72)69-52-67(57-28-11-3-12-29-57)75-74(76(69)90)66-37-21-22-38-71(66)89(75)65-46-43-55-27-19-20-36-62(55)49-65/h1-43,45-46,48-52,77,79,81,85H,44,47H2,(H,83,86)(H,84,87,88). The highest BCUT2D eigenvalue weighted by molar-refractivity contribution is 6.27. The monoisotopic (exact) mass is 1160 g/mol. The molecule has 17 rings (SSSR count). The van der Waals surface area contributed by atoms with Crippen molar-refractivity contribution in [3.05, 3.63) is 347 Å². The van der Waals surface area contributed by atoms with E-state index in [0.717, 1.165) is 108 Å². The molecule has 90 heavy (non-hydrogen) atoms. The van der Waals surface area contributed by atoms with E-state index >= 15 is 0 Å². The largest absolute Gasteiger partial charge is 0.350 e. The van der Waals surface area contributed by atoms with E-state index in [4.69, 9.17) is 15.0 Å². The van der Waals surface area contributed by atoms with Gasteiger partial charge in [0.05, 0.1) is 22.2 Å². The lowest BCUT2D eigenvalue weighted by Gasteiger charge is -2.32. The second kappa shape index (κ2) is 22.4. The molecule has 8 nitrogen and oxygen atoms in total. The van der Waals surface area contributed by atoms with Crippen molar-refractivity contribution < 1.29 is 0 Å². The first-order chi connectivity index (χ1) is 44.6. The van der Waals surface area contributed by atoms with Gasteiger partial charge in [-0.25, -0.2) is 15.0 Å². The van der Waals surface area contributed by atoms with Crippen LogP contribution in [0.4, 0.5) is 0 Å². The van der Waals surface area contributed by atoms with Crippen LogP contribution in [0.2, 0.25) is 0 Å². The van der Waals surface area contributed by atoms with Crippen LogP contribution in [0.25, 0.3) is 88.8 Å². The Morgan fingerprint density at radius 3 is 1.71 bits per heavy atom. The lowest BCUT2D eigenvalue weighted by atomic mass is 9.90. The molecule has 0 spiro atoms. The van der Waals surface area contributed by atoms with Gasteiger partial charge in [-0.15, -0.1) is 0 Å². The Morgan fingerprint density at radius 1 is 0.378 bits per heavy atom. The number of hydrogen-bond acceptors (Lipinski definition) is 6. The maximum atomic E-state index is 5.74. The van der Waals surface area contributed by atoms with Crippen LogP contribution in [0.1, 0.15) is 75.1 Å². The molecule has 12 aromatic carbocycles. The fourth-order valence-electron chi connectivity index (χ4n) is 13.8. The SMILES string of the molecule is C1=C(c2ccccc2)CCc2c1c1cc(-c3ccccc3)c3c(c4ccccc4n3-c3ccc4ccccc4c3)c1n2-c1ccc(C2N=C(c3ccccc3)NC(c3ccccc3)N2)cc1C1=NC(c2ccccc2)NC(c2ccc(-c3ccccc3)cc2)=N1. The van der Waals surface area contributed by atoms with Crippen LogP contribution in [0.3, 0.4) is 0 Å². The summed E-state index contributed by atoms with van der Waals surface area (Å²) >= 11 is 0. The molecule has 428 valence electrons. The molecule has 0 saturated heterocycles. The van der Waals surface area contributed by atoms with E-state index in [2.05, 4.69) is 328 Å². The van der Waals surface area contributed by atoms with Crippen molar-refractivity contribution in [1.82, 2.24) is 25.1 Å². The second-order valence-electron chi connectivity index (χ2n) is 23.5. The molecule has 4 heterocycles. The van der Waals surface area contributed by atoms with E-state index in [1.165, 1.54) is 49.3 Å². The highest BCUT2D eigenvalue weighted by Gasteiger charge is 2.33. The van der Waals surface area contributed by atoms with Crippen molar-refractivity contribution in [3.8, 4) is 33.6 Å². The lowest BCUT2D eigenvalue weighted by Crippen LogP contribution is -2.45. The lowest BCUT2D eigenvalue weighted by molar-refractivity contribution is 0.409. The summed E-state index contributed by atoms with van der Waals surface area (Å²) in [4.78, 5) is 17.0. The molecule has 3 aliphatic rings. The molecule has 14 aromatic rings. The summed E-state index contributed by atoms with van der Waals surface area (Å²) in [6.45, 7) is 0. The van der Waals surface area contributed by atoms with Crippen LogP contribution in [-0.2, 0) is 6.42 Å². The van der Waals surface area contributed by atoms with Crippen molar-refractivity contribution in [2.24, 2.45) is 15.0 Å². The Kier molecular flexibility index (Phi) is 13.1. The summed E-state index contributed by atoms with van der Waals surface area (Å²) < 4.78 is 5.11. The molecule has 2 aromatic heterocycles. The average Bonchev–Trinajstić information content (AvgIpc) is 1.54. The maximum Gasteiger partial charge on any atom is 0.161 e. The van der Waals surface area contributed by atoms with Crippen LogP contribution in [0.5, 0.6) is 0 Å². The average molecular weight is 1160 g/mol. The number of para-hydroxylation sites is 1. The predicted octanol–water partition coefficient (Wildman–Crippen LogP) is 18.5. The quantitative estimate of drug-likeness (QED) is 0.121. The van der Waals surface area contributed by atoms with Crippen molar-refractivity contribution in [2.45, 2.75) is 31.3 Å². The Balaban J connectivity index is 0.975. The van der Waals surface area contributed by atoms with Gasteiger partial charge in [0.1, 0.15) is 30.2 Å². The van der Waals surface area contributed by atoms with E-state index in [0.29, 0.717) is 5.84 Å². The van der Waals surface area contributed by atoms with Crippen LogP contribution in [0.15, 0.2) is 312 Å². The van der Waals surface area contributed by atoms with E-state index in [1.54, 1.807) is 0 Å². The maximum absolute atomic E-state index is 5.74. The molecule has 0 radical (unpaired) electrons. The van der Waals surface area contributed by atoms with E-state index in [1.807, 2.05) is 0 Å². The first-order valence-electron chi connectivity index (χ1n) is 31.1. The summed E-state index contributed by atoms with van der Waals surface area (Å²) in [5, 5.41) is 17.5. The fourth-order valence-corrected chi connectivity index (χ4v) is 13.8.